The van der Waals surface area contributed by atoms with Crippen molar-refractivity contribution < 1.29 is 55.0 Å². The number of amides is 4. The van der Waals surface area contributed by atoms with Gasteiger partial charge in [-0.05, 0) is 19.3 Å². The molecule has 25 heavy (non-hydrogen) atoms. The highest BCUT2D eigenvalue weighted by atomic mass is 19.4. The third-order valence-electron chi connectivity index (χ3n) is 2.20. The highest BCUT2D eigenvalue weighted by Crippen LogP contribution is 2.14. The van der Waals surface area contributed by atoms with E-state index in [0.717, 1.165) is 10.6 Å². The summed E-state index contributed by atoms with van der Waals surface area (Å²) in [5.41, 5.74) is 0. The standard InChI is InChI=1S/C11H12F6N2O6/c12-10(13,14)6(20)18-8(22)24-4-2-1-3-5-25-9(23)19-7(21)11(15,16)17/h1-5H2,(H,18,20,22)(H,19,21,23). The van der Waals surface area contributed by atoms with Gasteiger partial charge in [0.2, 0.25) is 0 Å². The number of carbonyl (C=O) groups excluding carboxylic acids is 4. The molecular formula is C11H12F6N2O6. The highest BCUT2D eigenvalue weighted by molar-refractivity contribution is 5.95. The minimum atomic E-state index is -5.23. The van der Waals surface area contributed by atoms with Crippen LogP contribution in [0.4, 0.5) is 35.9 Å². The van der Waals surface area contributed by atoms with E-state index in [2.05, 4.69) is 9.47 Å². The van der Waals surface area contributed by atoms with Crippen LogP contribution in [0.5, 0.6) is 0 Å². The van der Waals surface area contributed by atoms with Crippen molar-refractivity contribution in [2.24, 2.45) is 0 Å². The van der Waals surface area contributed by atoms with Crippen LogP contribution in [0.25, 0.3) is 0 Å². The molecule has 2 N–H and O–H groups in total. The number of alkyl carbamates (subject to hydrolysis) is 2. The summed E-state index contributed by atoms with van der Waals surface area (Å²) in [5.74, 6) is -4.96. The van der Waals surface area contributed by atoms with Gasteiger partial charge in [-0.15, -0.1) is 0 Å². The minimum absolute atomic E-state index is 0.111. The smallest absolute Gasteiger partial charge is 0.449 e. The third kappa shape index (κ3) is 10.8. The van der Waals surface area contributed by atoms with Crippen LogP contribution in [0.2, 0.25) is 0 Å². The van der Waals surface area contributed by atoms with Gasteiger partial charge in [0, 0.05) is 0 Å². The SMILES string of the molecule is O=C(NC(=O)C(F)(F)F)OCCCCCOC(=O)NC(=O)C(F)(F)F. The number of carbonyl (C=O) groups is 4. The lowest BCUT2D eigenvalue weighted by Crippen LogP contribution is -2.41. The molecule has 0 saturated heterocycles. The number of hydrogen-bond acceptors (Lipinski definition) is 6. The molecule has 0 heterocycles. The topological polar surface area (TPSA) is 111 Å². The Morgan fingerprint density at radius 3 is 1.24 bits per heavy atom. The molecule has 4 amide bonds. The van der Waals surface area contributed by atoms with E-state index in [-0.39, 0.29) is 32.5 Å². The molecule has 0 bridgehead atoms. The first kappa shape index (κ1) is 22.5. The van der Waals surface area contributed by atoms with E-state index in [4.69, 9.17) is 0 Å². The second-order valence-corrected chi connectivity index (χ2v) is 4.24. The first-order valence-electron chi connectivity index (χ1n) is 6.44. The molecule has 0 aliphatic heterocycles. The predicted molar refractivity (Wildman–Crippen MR) is 64.9 cm³/mol. The summed E-state index contributed by atoms with van der Waals surface area (Å²) in [4.78, 5) is 42.3. The predicted octanol–water partition coefficient (Wildman–Crippen LogP) is 1.79. The van der Waals surface area contributed by atoms with Gasteiger partial charge in [0.1, 0.15) is 0 Å². The molecule has 0 radical (unpaired) electrons. The average Bonchev–Trinajstić information content (AvgIpc) is 2.44. The summed E-state index contributed by atoms with van der Waals surface area (Å²) in [6.45, 7) is -0.703. The largest absolute Gasteiger partial charge is 0.471 e. The Balaban J connectivity index is 3.71. The van der Waals surface area contributed by atoms with Gasteiger partial charge in [0.15, 0.2) is 0 Å². The van der Waals surface area contributed by atoms with Crippen LogP contribution in [0.1, 0.15) is 19.3 Å². The normalized spacial score (nSPS) is 11.4. The molecule has 0 rings (SSSR count). The van der Waals surface area contributed by atoms with E-state index in [9.17, 15) is 45.5 Å². The molecule has 0 saturated carbocycles. The van der Waals surface area contributed by atoms with Crippen molar-refractivity contribution in [1.82, 2.24) is 10.6 Å². The second kappa shape index (κ2) is 9.68. The number of hydrogen-bond donors (Lipinski definition) is 2. The Morgan fingerprint density at radius 1 is 0.640 bits per heavy atom. The van der Waals surface area contributed by atoms with Crippen molar-refractivity contribution in [2.75, 3.05) is 13.2 Å². The summed E-state index contributed by atoms with van der Waals surface area (Å²) in [6.07, 6.45) is -13.2. The number of ether oxygens (including phenoxy) is 2. The molecule has 0 fully saturated rings. The molecule has 0 atom stereocenters. The van der Waals surface area contributed by atoms with Gasteiger partial charge in [-0.2, -0.15) is 26.3 Å². The summed E-state index contributed by atoms with van der Waals surface area (Å²) in [5, 5.41) is 1.88. The Labute approximate surface area is 135 Å². The number of rotatable bonds is 6. The molecule has 0 aromatic heterocycles. The van der Waals surface area contributed by atoms with Crippen molar-refractivity contribution in [2.45, 2.75) is 31.6 Å². The Bertz CT molecular complexity index is 460. The number of alkyl halides is 6. The van der Waals surface area contributed by atoms with Crippen LogP contribution in [0.3, 0.4) is 0 Å². The van der Waals surface area contributed by atoms with Gasteiger partial charge < -0.3 is 9.47 Å². The van der Waals surface area contributed by atoms with Crippen LogP contribution in [0.15, 0.2) is 0 Å². The van der Waals surface area contributed by atoms with Crippen LogP contribution in [0, 0.1) is 0 Å². The Kier molecular flexibility index (Phi) is 8.70. The zero-order valence-corrected chi connectivity index (χ0v) is 12.3. The van der Waals surface area contributed by atoms with E-state index in [0.29, 0.717) is 0 Å². The quantitative estimate of drug-likeness (QED) is 0.535. The Hall–Kier alpha value is -2.54. The molecule has 0 aliphatic carbocycles. The first-order chi connectivity index (χ1) is 11.3. The maximum atomic E-state index is 11.8. The Morgan fingerprint density at radius 2 is 0.960 bits per heavy atom. The van der Waals surface area contributed by atoms with Gasteiger partial charge in [0.05, 0.1) is 13.2 Å². The van der Waals surface area contributed by atoms with Crippen molar-refractivity contribution in [3.8, 4) is 0 Å². The van der Waals surface area contributed by atoms with E-state index < -0.39 is 36.4 Å². The summed E-state index contributed by atoms with van der Waals surface area (Å²) < 4.78 is 79.3. The summed E-state index contributed by atoms with van der Waals surface area (Å²) >= 11 is 0. The van der Waals surface area contributed by atoms with E-state index in [1.807, 2.05) is 0 Å². The molecule has 0 aliphatic rings. The van der Waals surface area contributed by atoms with Crippen molar-refractivity contribution in [3.05, 3.63) is 0 Å². The monoisotopic (exact) mass is 382 g/mol. The second-order valence-electron chi connectivity index (χ2n) is 4.24. The number of nitrogens with one attached hydrogen (secondary N) is 2. The lowest BCUT2D eigenvalue weighted by molar-refractivity contribution is -0.172. The molecule has 0 aromatic carbocycles. The number of imide groups is 2. The maximum absolute atomic E-state index is 11.8. The van der Waals surface area contributed by atoms with E-state index >= 15 is 0 Å². The highest BCUT2D eigenvalue weighted by Gasteiger charge is 2.40. The number of halogens is 6. The zero-order chi connectivity index (χ0) is 19.7. The average molecular weight is 382 g/mol. The zero-order valence-electron chi connectivity index (χ0n) is 12.3. The lowest BCUT2D eigenvalue weighted by Gasteiger charge is -2.08. The third-order valence-corrected chi connectivity index (χ3v) is 2.20. The van der Waals surface area contributed by atoms with Crippen LogP contribution in [-0.4, -0.2) is 49.6 Å². The van der Waals surface area contributed by atoms with Gasteiger partial charge in [-0.25, -0.2) is 9.59 Å². The molecular weight excluding hydrogens is 370 g/mol. The molecule has 144 valence electrons. The van der Waals surface area contributed by atoms with Gasteiger partial charge in [-0.1, -0.05) is 0 Å². The van der Waals surface area contributed by atoms with Gasteiger partial charge >= 0.3 is 36.4 Å². The first-order valence-corrected chi connectivity index (χ1v) is 6.44. The summed E-state index contributed by atoms with van der Waals surface area (Å²) in [7, 11) is 0. The van der Waals surface area contributed by atoms with E-state index in [1.54, 1.807) is 0 Å². The molecule has 0 aromatic rings. The minimum Gasteiger partial charge on any atom is -0.449 e. The van der Waals surface area contributed by atoms with Crippen molar-refractivity contribution >= 4 is 24.0 Å². The van der Waals surface area contributed by atoms with E-state index in [1.165, 1.54) is 0 Å². The fourth-order valence-corrected chi connectivity index (χ4v) is 1.11. The van der Waals surface area contributed by atoms with Crippen molar-refractivity contribution in [3.63, 3.8) is 0 Å². The van der Waals surface area contributed by atoms with Crippen LogP contribution in [-0.2, 0) is 19.1 Å². The maximum Gasteiger partial charge on any atom is 0.471 e. The van der Waals surface area contributed by atoms with Gasteiger partial charge in [-0.3, -0.25) is 20.2 Å². The molecule has 14 heteroatoms. The van der Waals surface area contributed by atoms with Crippen molar-refractivity contribution in [1.29, 1.82) is 0 Å². The molecule has 8 nitrogen and oxygen atoms in total. The summed E-state index contributed by atoms with van der Waals surface area (Å²) in [6, 6.07) is 0. The number of unbranched alkanes of at least 4 members (excludes halogenated alkanes) is 2. The molecule has 0 spiro atoms. The van der Waals surface area contributed by atoms with Crippen LogP contribution < -0.4 is 10.6 Å². The van der Waals surface area contributed by atoms with Gasteiger partial charge in [0.25, 0.3) is 0 Å². The molecule has 0 unspecified atom stereocenters. The fourth-order valence-electron chi connectivity index (χ4n) is 1.11. The fraction of sp³-hybridized carbons (Fsp3) is 0.636. The lowest BCUT2D eigenvalue weighted by atomic mass is 10.2. The van der Waals surface area contributed by atoms with Crippen LogP contribution >= 0.6 is 0 Å².